The molecule has 1 aliphatic rings. The Morgan fingerprint density at radius 1 is 1.17 bits per heavy atom. The number of esters is 1. The van der Waals surface area contributed by atoms with Gasteiger partial charge >= 0.3 is 5.97 Å². The van der Waals surface area contributed by atoms with E-state index in [1.807, 2.05) is 18.2 Å². The summed E-state index contributed by atoms with van der Waals surface area (Å²) in [7, 11) is 1.67. The van der Waals surface area contributed by atoms with Gasteiger partial charge in [0, 0.05) is 13.0 Å². The van der Waals surface area contributed by atoms with E-state index in [0.717, 1.165) is 5.75 Å². The molecule has 1 unspecified atom stereocenters. The predicted octanol–water partition coefficient (Wildman–Crippen LogP) is 3.74. The standard InChI is InChI=1S/C20H23NO3/c1-14(16-8-5-4-6-9-16)21-19(13-24-15(2)22)20(21)17-10-7-11-18(12-17)23-3/h4-12,14,19-20H,13H2,1-3H3/t14-,19+,20-,21?/m1/s1. The topological polar surface area (TPSA) is 38.5 Å². The average molecular weight is 325 g/mol. The molecular weight excluding hydrogens is 302 g/mol. The Hall–Kier alpha value is -2.33. The first-order valence-electron chi connectivity index (χ1n) is 8.21. The summed E-state index contributed by atoms with van der Waals surface area (Å²) in [6.45, 7) is 4.05. The summed E-state index contributed by atoms with van der Waals surface area (Å²) >= 11 is 0. The molecule has 126 valence electrons. The van der Waals surface area contributed by atoms with E-state index in [9.17, 15) is 4.79 Å². The van der Waals surface area contributed by atoms with Gasteiger partial charge in [-0.2, -0.15) is 0 Å². The number of ether oxygens (including phenoxy) is 2. The third-order valence-electron chi connectivity index (χ3n) is 4.60. The van der Waals surface area contributed by atoms with Crippen molar-refractivity contribution in [2.45, 2.75) is 32.0 Å². The molecule has 1 fully saturated rings. The van der Waals surface area contributed by atoms with E-state index in [1.54, 1.807) is 7.11 Å². The van der Waals surface area contributed by atoms with Gasteiger partial charge in [-0.25, -0.2) is 0 Å². The first-order valence-corrected chi connectivity index (χ1v) is 8.21. The molecular formula is C20H23NO3. The maximum atomic E-state index is 11.2. The molecule has 24 heavy (non-hydrogen) atoms. The maximum absolute atomic E-state index is 11.2. The molecule has 4 heteroatoms. The SMILES string of the molecule is COc1cccc([C@@H]2[C@H](COC(C)=O)N2[C@H](C)c2ccccc2)c1. The summed E-state index contributed by atoms with van der Waals surface area (Å²) < 4.78 is 10.6. The number of hydrogen-bond donors (Lipinski definition) is 0. The van der Waals surface area contributed by atoms with Crippen LogP contribution in [0.3, 0.4) is 0 Å². The van der Waals surface area contributed by atoms with Gasteiger partial charge in [0.05, 0.1) is 19.2 Å². The van der Waals surface area contributed by atoms with E-state index < -0.39 is 0 Å². The van der Waals surface area contributed by atoms with Gasteiger partial charge < -0.3 is 9.47 Å². The predicted molar refractivity (Wildman–Crippen MR) is 92.9 cm³/mol. The molecule has 4 nitrogen and oxygen atoms in total. The fourth-order valence-electron chi connectivity index (χ4n) is 3.33. The molecule has 2 aromatic carbocycles. The van der Waals surface area contributed by atoms with Crippen LogP contribution in [0.15, 0.2) is 54.6 Å². The van der Waals surface area contributed by atoms with E-state index in [2.05, 4.69) is 48.2 Å². The molecule has 1 heterocycles. The Balaban J connectivity index is 1.83. The van der Waals surface area contributed by atoms with Crippen molar-refractivity contribution in [2.75, 3.05) is 13.7 Å². The fourth-order valence-corrected chi connectivity index (χ4v) is 3.33. The quantitative estimate of drug-likeness (QED) is 0.599. The van der Waals surface area contributed by atoms with E-state index in [4.69, 9.17) is 9.47 Å². The molecule has 1 saturated heterocycles. The van der Waals surface area contributed by atoms with Crippen LogP contribution in [0.2, 0.25) is 0 Å². The number of nitrogens with zero attached hydrogens (tertiary/aromatic N) is 1. The Labute approximate surface area is 143 Å². The van der Waals surface area contributed by atoms with E-state index in [1.165, 1.54) is 18.1 Å². The smallest absolute Gasteiger partial charge is 0.302 e. The van der Waals surface area contributed by atoms with E-state index in [-0.39, 0.29) is 24.1 Å². The Bertz CT molecular complexity index is 701. The van der Waals surface area contributed by atoms with Crippen LogP contribution in [-0.2, 0) is 9.53 Å². The van der Waals surface area contributed by atoms with Crippen molar-refractivity contribution < 1.29 is 14.3 Å². The molecule has 1 aliphatic heterocycles. The summed E-state index contributed by atoms with van der Waals surface area (Å²) in [6, 6.07) is 19.2. The van der Waals surface area contributed by atoms with Crippen molar-refractivity contribution in [3.63, 3.8) is 0 Å². The minimum atomic E-state index is -0.237. The van der Waals surface area contributed by atoms with Gasteiger partial charge in [-0.1, -0.05) is 42.5 Å². The molecule has 0 amide bonds. The van der Waals surface area contributed by atoms with Crippen molar-refractivity contribution in [3.05, 3.63) is 65.7 Å². The van der Waals surface area contributed by atoms with Crippen molar-refractivity contribution >= 4 is 5.97 Å². The van der Waals surface area contributed by atoms with Crippen LogP contribution < -0.4 is 4.74 Å². The van der Waals surface area contributed by atoms with Crippen LogP contribution in [0.4, 0.5) is 0 Å². The van der Waals surface area contributed by atoms with Crippen LogP contribution in [0, 0.1) is 0 Å². The third kappa shape index (κ3) is 3.44. The highest BCUT2D eigenvalue weighted by atomic mass is 16.5. The number of hydrogen-bond acceptors (Lipinski definition) is 4. The van der Waals surface area contributed by atoms with Crippen LogP contribution >= 0.6 is 0 Å². The van der Waals surface area contributed by atoms with Gasteiger partial charge in [-0.05, 0) is 30.2 Å². The van der Waals surface area contributed by atoms with Crippen molar-refractivity contribution in [2.24, 2.45) is 0 Å². The lowest BCUT2D eigenvalue weighted by Crippen LogP contribution is -2.14. The van der Waals surface area contributed by atoms with Gasteiger partial charge in [-0.3, -0.25) is 9.69 Å². The molecule has 2 aromatic rings. The summed E-state index contributed by atoms with van der Waals surface area (Å²) in [5.41, 5.74) is 2.45. The summed E-state index contributed by atoms with van der Waals surface area (Å²) in [5, 5.41) is 0. The zero-order valence-electron chi connectivity index (χ0n) is 14.3. The second kappa shape index (κ2) is 7.05. The van der Waals surface area contributed by atoms with Gasteiger partial charge in [0.2, 0.25) is 0 Å². The highest BCUT2D eigenvalue weighted by molar-refractivity contribution is 5.66. The molecule has 0 N–H and O–H groups in total. The van der Waals surface area contributed by atoms with Gasteiger partial charge in [-0.15, -0.1) is 0 Å². The largest absolute Gasteiger partial charge is 0.497 e. The first-order chi connectivity index (χ1) is 11.6. The normalized spacial score (nSPS) is 23.4. The number of carbonyl (C=O) groups is 1. The van der Waals surface area contributed by atoms with Crippen molar-refractivity contribution in [1.82, 2.24) is 4.90 Å². The molecule has 0 saturated carbocycles. The molecule has 0 bridgehead atoms. The Kier molecular flexibility index (Phi) is 4.86. The zero-order chi connectivity index (χ0) is 17.1. The Morgan fingerprint density at radius 3 is 2.58 bits per heavy atom. The summed E-state index contributed by atoms with van der Waals surface area (Å²) in [6.07, 6.45) is 0. The lowest BCUT2D eigenvalue weighted by molar-refractivity contribution is -0.141. The van der Waals surface area contributed by atoms with Gasteiger partial charge in [0.25, 0.3) is 0 Å². The molecule has 0 aliphatic carbocycles. The molecule has 0 spiro atoms. The highest BCUT2D eigenvalue weighted by Crippen LogP contribution is 2.49. The van der Waals surface area contributed by atoms with Crippen molar-refractivity contribution in [3.8, 4) is 5.75 Å². The van der Waals surface area contributed by atoms with Gasteiger partial charge in [0.1, 0.15) is 12.4 Å². The molecule has 3 rings (SSSR count). The lowest BCUT2D eigenvalue weighted by Gasteiger charge is -2.15. The minimum absolute atomic E-state index is 0.191. The number of rotatable bonds is 6. The monoisotopic (exact) mass is 325 g/mol. The molecule has 0 aromatic heterocycles. The first kappa shape index (κ1) is 16.5. The fraction of sp³-hybridized carbons (Fsp3) is 0.350. The van der Waals surface area contributed by atoms with E-state index >= 15 is 0 Å². The van der Waals surface area contributed by atoms with Crippen LogP contribution in [0.25, 0.3) is 0 Å². The van der Waals surface area contributed by atoms with Crippen LogP contribution in [0.1, 0.15) is 37.1 Å². The van der Waals surface area contributed by atoms with Crippen molar-refractivity contribution in [1.29, 1.82) is 0 Å². The molecule has 4 atom stereocenters. The van der Waals surface area contributed by atoms with E-state index in [0.29, 0.717) is 6.61 Å². The van der Waals surface area contributed by atoms with Gasteiger partial charge in [0.15, 0.2) is 0 Å². The average Bonchev–Trinajstić information content (AvgIpc) is 3.34. The second-order valence-electron chi connectivity index (χ2n) is 6.13. The Morgan fingerprint density at radius 2 is 1.92 bits per heavy atom. The second-order valence-corrected chi connectivity index (χ2v) is 6.13. The van der Waals surface area contributed by atoms with Crippen LogP contribution in [-0.4, -0.2) is 30.6 Å². The minimum Gasteiger partial charge on any atom is -0.497 e. The molecule has 0 radical (unpaired) electrons. The third-order valence-corrected chi connectivity index (χ3v) is 4.60. The maximum Gasteiger partial charge on any atom is 0.302 e. The lowest BCUT2D eigenvalue weighted by atomic mass is 10.1. The number of methoxy groups -OCH3 is 1. The number of carbonyl (C=O) groups excluding carboxylic acids is 1. The number of benzene rings is 2. The zero-order valence-corrected chi connectivity index (χ0v) is 14.3. The highest BCUT2D eigenvalue weighted by Gasteiger charge is 2.51. The summed E-state index contributed by atoms with van der Waals surface area (Å²) in [5.74, 6) is 0.608. The summed E-state index contributed by atoms with van der Waals surface area (Å²) in [4.78, 5) is 13.6. The van der Waals surface area contributed by atoms with Crippen LogP contribution in [0.5, 0.6) is 5.75 Å².